The van der Waals surface area contributed by atoms with Gasteiger partial charge < -0.3 is 10.1 Å². The highest BCUT2D eigenvalue weighted by molar-refractivity contribution is 9.10. The van der Waals surface area contributed by atoms with E-state index in [1.54, 1.807) is 24.3 Å². The minimum absolute atomic E-state index is 0.0348. The molecule has 2 aromatic carbocycles. The number of carbonyl (C=O) groups excluding carboxylic acids is 1. The standard InChI is InChI=1S/C16H15BrClNO2/c17-15-4-2-1-3-12(15)9-10-21-11-16(20)19-14-7-5-13(18)6-8-14/h1-8H,9-11H2,(H,19,20). The minimum atomic E-state index is -0.176. The Balaban J connectivity index is 1.70. The fourth-order valence-electron chi connectivity index (χ4n) is 1.78. The van der Waals surface area contributed by atoms with Crippen LogP contribution in [-0.4, -0.2) is 19.1 Å². The average Bonchev–Trinajstić information content (AvgIpc) is 2.48. The van der Waals surface area contributed by atoms with Gasteiger partial charge in [0.2, 0.25) is 5.91 Å². The van der Waals surface area contributed by atoms with Crippen molar-refractivity contribution in [3.63, 3.8) is 0 Å². The van der Waals surface area contributed by atoms with Gasteiger partial charge in [-0.05, 0) is 42.3 Å². The van der Waals surface area contributed by atoms with Gasteiger partial charge in [0.05, 0.1) is 6.61 Å². The van der Waals surface area contributed by atoms with Crippen LogP contribution in [-0.2, 0) is 16.0 Å². The van der Waals surface area contributed by atoms with Gasteiger partial charge in [-0.1, -0.05) is 45.7 Å². The first-order chi connectivity index (χ1) is 10.1. The molecule has 0 heterocycles. The van der Waals surface area contributed by atoms with Crippen LogP contribution in [0, 0.1) is 0 Å². The lowest BCUT2D eigenvalue weighted by molar-refractivity contribution is -0.120. The fraction of sp³-hybridized carbons (Fsp3) is 0.188. The second-order valence-corrected chi connectivity index (χ2v) is 5.74. The van der Waals surface area contributed by atoms with Gasteiger partial charge in [0.15, 0.2) is 0 Å². The maximum absolute atomic E-state index is 11.7. The molecule has 3 nitrogen and oxygen atoms in total. The first-order valence-electron chi connectivity index (χ1n) is 6.52. The molecule has 0 bridgehead atoms. The molecule has 0 aliphatic rings. The maximum Gasteiger partial charge on any atom is 0.250 e. The van der Waals surface area contributed by atoms with Crippen molar-refractivity contribution in [2.45, 2.75) is 6.42 Å². The summed E-state index contributed by atoms with van der Waals surface area (Å²) in [7, 11) is 0. The number of hydrogen-bond donors (Lipinski definition) is 1. The fourth-order valence-corrected chi connectivity index (χ4v) is 2.39. The molecule has 5 heteroatoms. The van der Waals surface area contributed by atoms with Crippen LogP contribution in [0.1, 0.15) is 5.56 Å². The van der Waals surface area contributed by atoms with Crippen molar-refractivity contribution in [1.82, 2.24) is 0 Å². The Hall–Kier alpha value is -1.36. The quantitative estimate of drug-likeness (QED) is 0.772. The molecule has 0 unspecified atom stereocenters. The lowest BCUT2D eigenvalue weighted by Gasteiger charge is -2.07. The Labute approximate surface area is 137 Å². The van der Waals surface area contributed by atoms with Crippen molar-refractivity contribution in [3.8, 4) is 0 Å². The van der Waals surface area contributed by atoms with Gasteiger partial charge in [-0.25, -0.2) is 0 Å². The molecular weight excluding hydrogens is 354 g/mol. The van der Waals surface area contributed by atoms with E-state index < -0.39 is 0 Å². The second-order valence-electron chi connectivity index (χ2n) is 4.45. The van der Waals surface area contributed by atoms with Crippen molar-refractivity contribution in [2.75, 3.05) is 18.5 Å². The highest BCUT2D eigenvalue weighted by Crippen LogP contribution is 2.16. The summed E-state index contributed by atoms with van der Waals surface area (Å²) in [4.78, 5) is 11.7. The molecule has 0 radical (unpaired) electrons. The van der Waals surface area contributed by atoms with Gasteiger partial charge in [0, 0.05) is 15.2 Å². The topological polar surface area (TPSA) is 38.3 Å². The van der Waals surface area contributed by atoms with E-state index in [9.17, 15) is 4.79 Å². The Morgan fingerprint density at radius 1 is 1.14 bits per heavy atom. The summed E-state index contributed by atoms with van der Waals surface area (Å²) in [6.45, 7) is 0.531. The summed E-state index contributed by atoms with van der Waals surface area (Å²) in [5.41, 5.74) is 1.87. The van der Waals surface area contributed by atoms with Gasteiger partial charge >= 0.3 is 0 Å². The minimum Gasteiger partial charge on any atom is -0.371 e. The van der Waals surface area contributed by atoms with Crippen molar-refractivity contribution < 1.29 is 9.53 Å². The average molecular weight is 369 g/mol. The van der Waals surface area contributed by atoms with E-state index in [4.69, 9.17) is 16.3 Å². The molecule has 1 N–H and O–H groups in total. The van der Waals surface area contributed by atoms with Gasteiger partial charge in [0.25, 0.3) is 0 Å². The highest BCUT2D eigenvalue weighted by Gasteiger charge is 2.03. The van der Waals surface area contributed by atoms with Crippen molar-refractivity contribution in [3.05, 3.63) is 63.6 Å². The number of nitrogens with one attached hydrogen (secondary N) is 1. The number of anilines is 1. The molecule has 0 aromatic heterocycles. The van der Waals surface area contributed by atoms with E-state index in [2.05, 4.69) is 21.2 Å². The van der Waals surface area contributed by atoms with Crippen LogP contribution in [0.2, 0.25) is 5.02 Å². The van der Waals surface area contributed by atoms with Crippen LogP contribution in [0.25, 0.3) is 0 Å². The molecule has 0 spiro atoms. The maximum atomic E-state index is 11.7. The molecule has 110 valence electrons. The molecule has 0 saturated heterocycles. The van der Waals surface area contributed by atoms with Crippen LogP contribution < -0.4 is 5.32 Å². The third kappa shape index (κ3) is 5.50. The number of halogens is 2. The molecule has 0 atom stereocenters. The second kappa shape index (κ2) is 8.17. The largest absolute Gasteiger partial charge is 0.371 e. The van der Waals surface area contributed by atoms with E-state index in [0.717, 1.165) is 16.5 Å². The molecule has 0 aliphatic carbocycles. The molecule has 21 heavy (non-hydrogen) atoms. The summed E-state index contributed by atoms with van der Waals surface area (Å²) in [5.74, 6) is -0.176. The van der Waals surface area contributed by atoms with Crippen LogP contribution >= 0.6 is 27.5 Å². The Morgan fingerprint density at radius 3 is 2.57 bits per heavy atom. The summed E-state index contributed by atoms with van der Waals surface area (Å²) < 4.78 is 6.45. The van der Waals surface area contributed by atoms with Gasteiger partial charge in [0.1, 0.15) is 6.61 Å². The van der Waals surface area contributed by atoms with Gasteiger partial charge in [-0.15, -0.1) is 0 Å². The zero-order valence-electron chi connectivity index (χ0n) is 11.3. The third-order valence-corrected chi connectivity index (χ3v) is 3.86. The molecular formula is C16H15BrClNO2. The number of carbonyl (C=O) groups is 1. The number of rotatable bonds is 6. The zero-order valence-corrected chi connectivity index (χ0v) is 13.7. The van der Waals surface area contributed by atoms with Crippen molar-refractivity contribution in [2.24, 2.45) is 0 Å². The van der Waals surface area contributed by atoms with E-state index >= 15 is 0 Å². The normalized spacial score (nSPS) is 10.4. The Kier molecular flexibility index (Phi) is 6.23. The predicted octanol–water partition coefficient (Wildman–Crippen LogP) is 4.30. The summed E-state index contributed by atoms with van der Waals surface area (Å²) in [6.07, 6.45) is 0.760. The number of benzene rings is 2. The Bertz CT molecular complexity index is 601. The lowest BCUT2D eigenvalue weighted by atomic mass is 10.2. The molecule has 2 aromatic rings. The molecule has 0 saturated carbocycles. The summed E-state index contributed by atoms with van der Waals surface area (Å²) in [5, 5.41) is 3.38. The van der Waals surface area contributed by atoms with Crippen LogP contribution in [0.15, 0.2) is 53.0 Å². The van der Waals surface area contributed by atoms with Gasteiger partial charge in [-0.3, -0.25) is 4.79 Å². The predicted molar refractivity (Wildman–Crippen MR) is 88.7 cm³/mol. The molecule has 1 amide bonds. The first kappa shape index (κ1) is 16.0. The summed E-state index contributed by atoms with van der Waals surface area (Å²) >= 11 is 9.26. The van der Waals surface area contributed by atoms with Crippen LogP contribution in [0.5, 0.6) is 0 Å². The van der Waals surface area contributed by atoms with E-state index in [1.165, 1.54) is 0 Å². The smallest absolute Gasteiger partial charge is 0.250 e. The van der Waals surface area contributed by atoms with E-state index in [0.29, 0.717) is 17.3 Å². The number of hydrogen-bond acceptors (Lipinski definition) is 2. The number of ether oxygens (including phenoxy) is 1. The third-order valence-electron chi connectivity index (χ3n) is 2.83. The lowest BCUT2D eigenvalue weighted by Crippen LogP contribution is -2.19. The van der Waals surface area contributed by atoms with Crippen molar-refractivity contribution in [1.29, 1.82) is 0 Å². The molecule has 0 fully saturated rings. The van der Waals surface area contributed by atoms with Gasteiger partial charge in [-0.2, -0.15) is 0 Å². The molecule has 2 rings (SSSR count). The summed E-state index contributed by atoms with van der Waals surface area (Å²) in [6, 6.07) is 14.9. The highest BCUT2D eigenvalue weighted by atomic mass is 79.9. The monoisotopic (exact) mass is 367 g/mol. The zero-order chi connectivity index (χ0) is 15.1. The SMILES string of the molecule is O=C(COCCc1ccccc1Br)Nc1ccc(Cl)cc1. The molecule has 0 aliphatic heterocycles. The van der Waals surface area contributed by atoms with Crippen LogP contribution in [0.3, 0.4) is 0 Å². The van der Waals surface area contributed by atoms with Crippen molar-refractivity contribution >= 4 is 39.1 Å². The van der Waals surface area contributed by atoms with E-state index in [-0.39, 0.29) is 12.5 Å². The first-order valence-corrected chi connectivity index (χ1v) is 7.69. The number of amides is 1. The van der Waals surface area contributed by atoms with Crippen LogP contribution in [0.4, 0.5) is 5.69 Å². The van der Waals surface area contributed by atoms with E-state index in [1.807, 2.05) is 24.3 Å². The Morgan fingerprint density at radius 2 is 1.86 bits per heavy atom.